The van der Waals surface area contributed by atoms with Gasteiger partial charge in [0.15, 0.2) is 0 Å². The standard InChI is InChI=1S/C9H19N3O4/c1-9(2,6-10)7-11-8(13)4-3-5-16-12(14)15/h3-7,10H2,1-2H3,(H,11,13). The van der Waals surface area contributed by atoms with Gasteiger partial charge in [-0.2, -0.15) is 0 Å². The van der Waals surface area contributed by atoms with Crippen LogP contribution in [-0.4, -0.2) is 30.7 Å². The summed E-state index contributed by atoms with van der Waals surface area (Å²) >= 11 is 0. The number of carbonyl (C=O) groups is 1. The van der Waals surface area contributed by atoms with Crippen molar-refractivity contribution in [1.82, 2.24) is 5.32 Å². The number of nitrogens with two attached hydrogens (primary N) is 1. The maximum atomic E-state index is 11.3. The second-order valence-electron chi connectivity index (χ2n) is 4.31. The van der Waals surface area contributed by atoms with E-state index in [0.29, 0.717) is 19.5 Å². The van der Waals surface area contributed by atoms with Crippen molar-refractivity contribution in [2.75, 3.05) is 19.7 Å². The van der Waals surface area contributed by atoms with Gasteiger partial charge < -0.3 is 15.9 Å². The Kier molecular flexibility index (Phi) is 6.40. The van der Waals surface area contributed by atoms with Crippen LogP contribution >= 0.6 is 0 Å². The molecule has 0 aromatic rings. The molecule has 7 nitrogen and oxygen atoms in total. The Morgan fingerprint density at radius 2 is 2.19 bits per heavy atom. The largest absolute Gasteiger partial charge is 0.356 e. The average Bonchev–Trinajstić information content (AvgIpc) is 2.21. The molecule has 0 saturated heterocycles. The molecule has 3 N–H and O–H groups in total. The molecule has 0 fully saturated rings. The van der Waals surface area contributed by atoms with Crippen molar-refractivity contribution in [2.45, 2.75) is 26.7 Å². The van der Waals surface area contributed by atoms with Crippen LogP contribution in [0.3, 0.4) is 0 Å². The minimum atomic E-state index is -0.866. The van der Waals surface area contributed by atoms with E-state index in [4.69, 9.17) is 5.73 Å². The number of nitrogens with one attached hydrogen (secondary N) is 1. The van der Waals surface area contributed by atoms with E-state index in [9.17, 15) is 14.9 Å². The van der Waals surface area contributed by atoms with Gasteiger partial charge >= 0.3 is 0 Å². The van der Waals surface area contributed by atoms with Crippen LogP contribution in [0.5, 0.6) is 0 Å². The third kappa shape index (κ3) is 7.98. The van der Waals surface area contributed by atoms with E-state index in [1.165, 1.54) is 0 Å². The number of nitrogens with zero attached hydrogens (tertiary/aromatic N) is 1. The Hall–Kier alpha value is -1.37. The minimum Gasteiger partial charge on any atom is -0.356 e. The van der Waals surface area contributed by atoms with Crippen LogP contribution in [0.2, 0.25) is 0 Å². The Labute approximate surface area is 94.4 Å². The predicted molar refractivity (Wildman–Crippen MR) is 58.0 cm³/mol. The molecule has 1 amide bonds. The molecular weight excluding hydrogens is 214 g/mol. The molecule has 0 heterocycles. The Morgan fingerprint density at radius 3 is 2.69 bits per heavy atom. The van der Waals surface area contributed by atoms with E-state index in [1.54, 1.807) is 0 Å². The van der Waals surface area contributed by atoms with Crippen molar-refractivity contribution in [3.8, 4) is 0 Å². The maximum Gasteiger partial charge on any atom is 0.294 e. The van der Waals surface area contributed by atoms with E-state index in [-0.39, 0.29) is 24.3 Å². The fourth-order valence-corrected chi connectivity index (χ4v) is 0.870. The van der Waals surface area contributed by atoms with Crippen LogP contribution < -0.4 is 11.1 Å². The summed E-state index contributed by atoms with van der Waals surface area (Å²) in [4.78, 5) is 25.2. The van der Waals surface area contributed by atoms with E-state index >= 15 is 0 Å². The molecule has 0 radical (unpaired) electrons. The smallest absolute Gasteiger partial charge is 0.294 e. The van der Waals surface area contributed by atoms with Crippen molar-refractivity contribution in [3.63, 3.8) is 0 Å². The average molecular weight is 233 g/mol. The topological polar surface area (TPSA) is 107 Å². The highest BCUT2D eigenvalue weighted by molar-refractivity contribution is 5.75. The van der Waals surface area contributed by atoms with Crippen molar-refractivity contribution >= 4 is 5.91 Å². The lowest BCUT2D eigenvalue weighted by atomic mass is 9.94. The zero-order chi connectivity index (χ0) is 12.6. The van der Waals surface area contributed by atoms with Gasteiger partial charge in [-0.15, -0.1) is 10.1 Å². The van der Waals surface area contributed by atoms with E-state index in [1.807, 2.05) is 13.8 Å². The van der Waals surface area contributed by atoms with E-state index in [0.717, 1.165) is 0 Å². The third-order valence-electron chi connectivity index (χ3n) is 2.06. The van der Waals surface area contributed by atoms with Gasteiger partial charge in [0.1, 0.15) is 0 Å². The summed E-state index contributed by atoms with van der Waals surface area (Å²) in [6.07, 6.45) is 0.546. The monoisotopic (exact) mass is 233 g/mol. The van der Waals surface area contributed by atoms with Gasteiger partial charge in [0, 0.05) is 13.0 Å². The van der Waals surface area contributed by atoms with Crippen LogP contribution in [0.4, 0.5) is 0 Å². The normalized spacial score (nSPS) is 10.9. The molecule has 0 unspecified atom stereocenters. The molecule has 0 bridgehead atoms. The lowest BCUT2D eigenvalue weighted by Crippen LogP contribution is -2.38. The number of hydrogen-bond acceptors (Lipinski definition) is 5. The molecular formula is C9H19N3O4. The highest BCUT2D eigenvalue weighted by atomic mass is 16.9. The van der Waals surface area contributed by atoms with Gasteiger partial charge in [-0.25, -0.2) is 0 Å². The van der Waals surface area contributed by atoms with Gasteiger partial charge in [0.05, 0.1) is 6.61 Å². The molecule has 16 heavy (non-hydrogen) atoms. The molecule has 0 aromatic carbocycles. The molecule has 0 aromatic heterocycles. The second-order valence-corrected chi connectivity index (χ2v) is 4.31. The number of hydrogen-bond donors (Lipinski definition) is 2. The summed E-state index contributed by atoms with van der Waals surface area (Å²) in [7, 11) is 0. The first-order valence-corrected chi connectivity index (χ1v) is 5.11. The highest BCUT2D eigenvalue weighted by Crippen LogP contribution is 2.09. The second kappa shape index (κ2) is 7.00. The Morgan fingerprint density at radius 1 is 1.56 bits per heavy atom. The summed E-state index contributed by atoms with van der Waals surface area (Å²) in [5.74, 6) is -0.145. The zero-order valence-corrected chi connectivity index (χ0v) is 9.69. The molecule has 0 spiro atoms. The van der Waals surface area contributed by atoms with Crippen LogP contribution in [0.15, 0.2) is 0 Å². The number of rotatable bonds is 8. The van der Waals surface area contributed by atoms with Crippen LogP contribution in [0, 0.1) is 15.5 Å². The fraction of sp³-hybridized carbons (Fsp3) is 0.889. The molecule has 0 atom stereocenters. The molecule has 94 valence electrons. The summed E-state index contributed by atoms with van der Waals surface area (Å²) < 4.78 is 0. The zero-order valence-electron chi connectivity index (χ0n) is 9.69. The SMILES string of the molecule is CC(C)(CN)CNC(=O)CCCO[N+](=O)[O-]. The van der Waals surface area contributed by atoms with Crippen molar-refractivity contribution in [1.29, 1.82) is 0 Å². The van der Waals surface area contributed by atoms with Gasteiger partial charge in [-0.05, 0) is 18.4 Å². The van der Waals surface area contributed by atoms with Crippen molar-refractivity contribution < 1.29 is 14.7 Å². The van der Waals surface area contributed by atoms with Crippen LogP contribution in [0.25, 0.3) is 0 Å². The lowest BCUT2D eigenvalue weighted by Gasteiger charge is -2.22. The first-order valence-electron chi connectivity index (χ1n) is 5.11. The molecule has 0 aliphatic rings. The quantitative estimate of drug-likeness (QED) is 0.350. The van der Waals surface area contributed by atoms with Gasteiger partial charge in [-0.1, -0.05) is 13.8 Å². The molecule has 0 aliphatic carbocycles. The molecule has 7 heteroatoms. The van der Waals surface area contributed by atoms with Crippen LogP contribution in [-0.2, 0) is 9.63 Å². The minimum absolute atomic E-state index is 0.0549. The maximum absolute atomic E-state index is 11.3. The molecule has 0 saturated carbocycles. The first-order chi connectivity index (χ1) is 7.37. The predicted octanol–water partition coefficient (Wildman–Crippen LogP) is 0.0760. The van der Waals surface area contributed by atoms with Gasteiger partial charge in [0.2, 0.25) is 5.91 Å². The summed E-state index contributed by atoms with van der Waals surface area (Å²) in [5.41, 5.74) is 5.37. The van der Waals surface area contributed by atoms with Gasteiger partial charge in [-0.3, -0.25) is 4.79 Å². The molecule has 0 rings (SSSR count). The number of carbonyl (C=O) groups excluding carboxylic acids is 1. The fourth-order valence-electron chi connectivity index (χ4n) is 0.870. The Bertz CT molecular complexity index is 243. The summed E-state index contributed by atoms with van der Waals surface area (Å²) in [5, 5.41) is 11.7. The van der Waals surface area contributed by atoms with Crippen molar-refractivity contribution in [3.05, 3.63) is 10.1 Å². The van der Waals surface area contributed by atoms with Gasteiger partial charge in [0.25, 0.3) is 5.09 Å². The number of amides is 1. The lowest BCUT2D eigenvalue weighted by molar-refractivity contribution is -0.757. The summed E-state index contributed by atoms with van der Waals surface area (Å²) in [6.45, 7) is 4.82. The molecule has 0 aliphatic heterocycles. The van der Waals surface area contributed by atoms with E-state index < -0.39 is 5.09 Å². The summed E-state index contributed by atoms with van der Waals surface area (Å²) in [6, 6.07) is 0. The Balaban J connectivity index is 3.56. The van der Waals surface area contributed by atoms with Crippen LogP contribution in [0.1, 0.15) is 26.7 Å². The van der Waals surface area contributed by atoms with E-state index in [2.05, 4.69) is 10.2 Å². The highest BCUT2D eigenvalue weighted by Gasteiger charge is 2.16. The van der Waals surface area contributed by atoms with Crippen molar-refractivity contribution in [2.24, 2.45) is 11.1 Å². The third-order valence-corrected chi connectivity index (χ3v) is 2.06. The first kappa shape index (κ1) is 14.6.